The van der Waals surface area contributed by atoms with E-state index in [4.69, 9.17) is 9.84 Å². The maximum atomic E-state index is 8.86. The highest BCUT2D eigenvalue weighted by atomic mass is 16.5. The van der Waals surface area contributed by atoms with Gasteiger partial charge < -0.3 is 15.3 Å². The van der Waals surface area contributed by atoms with Crippen molar-refractivity contribution in [1.82, 2.24) is 5.43 Å². The second-order valence-corrected chi connectivity index (χ2v) is 4.91. The number of aliphatic hydroxyl groups excluding tert-OH is 1. The molecule has 2 N–H and O–H groups in total. The lowest BCUT2D eigenvalue weighted by molar-refractivity contribution is 0.206. The zero-order chi connectivity index (χ0) is 14.5. The first kappa shape index (κ1) is 13.6. The third-order valence-corrected chi connectivity index (χ3v) is 3.45. The van der Waals surface area contributed by atoms with Crippen LogP contribution in [-0.2, 0) is 0 Å². The summed E-state index contributed by atoms with van der Waals surface area (Å²) in [6.07, 6.45) is 0.676. The van der Waals surface area contributed by atoms with Gasteiger partial charge in [0.2, 0.25) is 0 Å². The largest absolute Gasteiger partial charge is 0.485 e. The molecule has 2 aromatic rings. The Morgan fingerprint density at radius 1 is 1.10 bits per heavy atom. The third kappa shape index (κ3) is 3.06. The van der Waals surface area contributed by atoms with Crippen LogP contribution in [0.5, 0.6) is 5.75 Å². The van der Waals surface area contributed by atoms with Gasteiger partial charge in [0.15, 0.2) is 0 Å². The first-order chi connectivity index (χ1) is 10.4. The van der Waals surface area contributed by atoms with Crippen molar-refractivity contribution in [2.24, 2.45) is 5.10 Å². The lowest BCUT2D eigenvalue weighted by Crippen LogP contribution is -2.24. The average molecular weight is 282 g/mol. The molecule has 0 bridgehead atoms. The molecule has 21 heavy (non-hydrogen) atoms. The number of hydrazone groups is 1. The lowest BCUT2D eigenvalue weighted by Gasteiger charge is -2.27. The van der Waals surface area contributed by atoms with Gasteiger partial charge in [-0.2, -0.15) is 5.10 Å². The normalized spacial score (nSPS) is 18.9. The fourth-order valence-corrected chi connectivity index (χ4v) is 2.45. The number of hydrogen-bond acceptors (Lipinski definition) is 4. The van der Waals surface area contributed by atoms with Crippen molar-refractivity contribution in [1.29, 1.82) is 0 Å². The van der Waals surface area contributed by atoms with Gasteiger partial charge in [0.1, 0.15) is 11.9 Å². The number of nitrogens with one attached hydrogen (secondary N) is 1. The van der Waals surface area contributed by atoms with E-state index in [0.717, 1.165) is 22.6 Å². The molecule has 0 radical (unpaired) electrons. The van der Waals surface area contributed by atoms with Gasteiger partial charge in [0.05, 0.1) is 18.9 Å². The molecule has 4 heteroatoms. The number of fused-ring (bicyclic) bond motifs is 1. The molecule has 0 amide bonds. The molecule has 0 unspecified atom stereocenters. The zero-order valence-corrected chi connectivity index (χ0v) is 11.7. The van der Waals surface area contributed by atoms with Crippen LogP contribution in [0.3, 0.4) is 0 Å². The van der Waals surface area contributed by atoms with E-state index in [1.54, 1.807) is 0 Å². The number of aliphatic hydroxyl groups is 1. The van der Waals surface area contributed by atoms with Gasteiger partial charge in [-0.15, -0.1) is 0 Å². The predicted molar refractivity (Wildman–Crippen MR) is 82.5 cm³/mol. The van der Waals surface area contributed by atoms with Gasteiger partial charge in [0, 0.05) is 12.0 Å². The van der Waals surface area contributed by atoms with Crippen molar-refractivity contribution in [2.45, 2.75) is 12.5 Å². The number of hydrogen-bond donors (Lipinski definition) is 2. The van der Waals surface area contributed by atoms with Gasteiger partial charge in [-0.1, -0.05) is 42.5 Å². The van der Waals surface area contributed by atoms with Crippen molar-refractivity contribution >= 4 is 5.71 Å². The van der Waals surface area contributed by atoms with Gasteiger partial charge in [-0.3, -0.25) is 0 Å². The topological polar surface area (TPSA) is 53.8 Å². The SMILES string of the molecule is OCCN/N=C1/C[C@H](c2ccccc2)Oc2ccccc21. The summed E-state index contributed by atoms with van der Waals surface area (Å²) in [5.41, 5.74) is 6.01. The molecular formula is C17H18N2O2. The molecule has 0 fully saturated rings. The molecule has 2 aromatic carbocycles. The van der Waals surface area contributed by atoms with Crippen LogP contribution >= 0.6 is 0 Å². The van der Waals surface area contributed by atoms with Crippen LogP contribution in [0.2, 0.25) is 0 Å². The smallest absolute Gasteiger partial charge is 0.129 e. The van der Waals surface area contributed by atoms with Gasteiger partial charge in [-0.05, 0) is 17.7 Å². The zero-order valence-electron chi connectivity index (χ0n) is 11.7. The summed E-state index contributed by atoms with van der Waals surface area (Å²) in [7, 11) is 0. The highest BCUT2D eigenvalue weighted by molar-refractivity contribution is 6.03. The van der Waals surface area contributed by atoms with E-state index in [2.05, 4.69) is 22.7 Å². The molecule has 0 spiro atoms. The lowest BCUT2D eigenvalue weighted by atomic mass is 9.96. The van der Waals surface area contributed by atoms with Crippen LogP contribution < -0.4 is 10.2 Å². The van der Waals surface area contributed by atoms with Crippen LogP contribution in [0.4, 0.5) is 0 Å². The Balaban J connectivity index is 1.91. The molecule has 1 aliphatic rings. The van der Waals surface area contributed by atoms with Crippen molar-refractivity contribution < 1.29 is 9.84 Å². The summed E-state index contributed by atoms with van der Waals surface area (Å²) in [6, 6.07) is 18.1. The minimum Gasteiger partial charge on any atom is -0.485 e. The van der Waals surface area contributed by atoms with Crippen LogP contribution in [0.1, 0.15) is 23.7 Å². The minimum atomic E-state index is -0.0317. The number of nitrogens with zero attached hydrogens (tertiary/aromatic N) is 1. The second kappa shape index (κ2) is 6.41. The first-order valence-corrected chi connectivity index (χ1v) is 7.10. The summed E-state index contributed by atoms with van der Waals surface area (Å²) in [6.45, 7) is 0.513. The second-order valence-electron chi connectivity index (χ2n) is 4.91. The monoisotopic (exact) mass is 282 g/mol. The number of ether oxygens (including phenoxy) is 1. The molecule has 1 atom stereocenters. The fraction of sp³-hybridized carbons (Fsp3) is 0.235. The van der Waals surface area contributed by atoms with E-state index >= 15 is 0 Å². The first-order valence-electron chi connectivity index (χ1n) is 7.10. The van der Waals surface area contributed by atoms with Gasteiger partial charge in [0.25, 0.3) is 0 Å². The summed E-state index contributed by atoms with van der Waals surface area (Å²) in [5, 5.41) is 13.3. The van der Waals surface area contributed by atoms with E-state index < -0.39 is 0 Å². The Morgan fingerprint density at radius 2 is 1.86 bits per heavy atom. The Morgan fingerprint density at radius 3 is 2.67 bits per heavy atom. The van der Waals surface area contributed by atoms with Gasteiger partial charge in [-0.25, -0.2) is 0 Å². The molecule has 1 aliphatic heterocycles. The molecule has 0 saturated heterocycles. The van der Waals surface area contributed by atoms with E-state index in [1.807, 2.05) is 42.5 Å². The molecule has 0 saturated carbocycles. The Hall–Kier alpha value is -2.33. The van der Waals surface area contributed by atoms with Crippen molar-refractivity contribution in [3.05, 3.63) is 65.7 Å². The van der Waals surface area contributed by atoms with E-state index in [1.165, 1.54) is 0 Å². The maximum absolute atomic E-state index is 8.86. The van der Waals surface area contributed by atoms with Gasteiger partial charge >= 0.3 is 0 Å². The highest BCUT2D eigenvalue weighted by Gasteiger charge is 2.25. The van der Waals surface area contributed by atoms with Crippen LogP contribution in [-0.4, -0.2) is 24.0 Å². The minimum absolute atomic E-state index is 0.0317. The summed E-state index contributed by atoms with van der Waals surface area (Å²) in [4.78, 5) is 0. The predicted octanol–water partition coefficient (Wildman–Crippen LogP) is 2.50. The number of rotatable bonds is 4. The van der Waals surface area contributed by atoms with E-state index in [0.29, 0.717) is 13.0 Å². The molecule has 3 rings (SSSR count). The maximum Gasteiger partial charge on any atom is 0.129 e. The Labute approximate surface area is 124 Å². The van der Waals surface area contributed by atoms with Crippen molar-refractivity contribution in [3.63, 3.8) is 0 Å². The molecule has 1 heterocycles. The Kier molecular flexibility index (Phi) is 4.17. The summed E-state index contributed by atoms with van der Waals surface area (Å²) < 4.78 is 6.10. The standard InChI is InChI=1S/C17H18N2O2/c20-11-10-18-19-15-12-17(13-6-2-1-3-7-13)21-16-9-5-4-8-14(15)16/h1-9,17-18,20H,10-12H2/b19-15-/t17-/m1/s1. The quantitative estimate of drug-likeness (QED) is 0.669. The number of benzene rings is 2. The average Bonchev–Trinajstić information content (AvgIpc) is 2.55. The summed E-state index contributed by atoms with van der Waals surface area (Å²) >= 11 is 0. The van der Waals surface area contributed by atoms with Crippen molar-refractivity contribution in [2.75, 3.05) is 13.2 Å². The Bertz CT molecular complexity index is 626. The van der Waals surface area contributed by atoms with E-state index in [9.17, 15) is 0 Å². The number of para-hydroxylation sites is 1. The van der Waals surface area contributed by atoms with E-state index in [-0.39, 0.29) is 12.7 Å². The third-order valence-electron chi connectivity index (χ3n) is 3.45. The highest BCUT2D eigenvalue weighted by Crippen LogP contribution is 2.34. The molecule has 108 valence electrons. The van der Waals surface area contributed by atoms with Crippen LogP contribution in [0.15, 0.2) is 59.7 Å². The van der Waals surface area contributed by atoms with Crippen molar-refractivity contribution in [3.8, 4) is 5.75 Å². The molecule has 0 aromatic heterocycles. The molecule has 0 aliphatic carbocycles. The molecular weight excluding hydrogens is 264 g/mol. The fourth-order valence-electron chi connectivity index (χ4n) is 2.45. The summed E-state index contributed by atoms with van der Waals surface area (Å²) in [5.74, 6) is 0.849. The van der Waals surface area contributed by atoms with Crippen LogP contribution in [0, 0.1) is 0 Å². The molecule has 4 nitrogen and oxygen atoms in total. The van der Waals surface area contributed by atoms with Crippen LogP contribution in [0.25, 0.3) is 0 Å².